The summed E-state index contributed by atoms with van der Waals surface area (Å²) in [6.45, 7) is 0.976. The SMILES string of the molecule is COC(=O)c1ccc(S(=O)(=O)NCC2NCCc3ccccc32)o1. The first-order valence-electron chi connectivity index (χ1n) is 7.50. The highest BCUT2D eigenvalue weighted by Gasteiger charge is 2.25. The maximum Gasteiger partial charge on any atom is 0.374 e. The molecule has 2 aromatic rings. The van der Waals surface area contributed by atoms with E-state index in [1.54, 1.807) is 0 Å². The van der Waals surface area contributed by atoms with Crippen molar-refractivity contribution in [3.8, 4) is 0 Å². The van der Waals surface area contributed by atoms with Crippen LogP contribution in [0.25, 0.3) is 0 Å². The third kappa shape index (κ3) is 3.35. The summed E-state index contributed by atoms with van der Waals surface area (Å²) in [6.07, 6.45) is 0.917. The van der Waals surface area contributed by atoms with Crippen molar-refractivity contribution in [2.45, 2.75) is 17.6 Å². The highest BCUT2D eigenvalue weighted by Crippen LogP contribution is 2.22. The first-order chi connectivity index (χ1) is 11.5. The molecular weight excluding hydrogens is 332 g/mol. The zero-order chi connectivity index (χ0) is 17.2. The predicted octanol–water partition coefficient (Wildman–Crippen LogP) is 1.23. The Bertz CT molecular complexity index is 844. The van der Waals surface area contributed by atoms with Gasteiger partial charge in [-0.05, 0) is 36.2 Å². The predicted molar refractivity (Wildman–Crippen MR) is 86.1 cm³/mol. The quantitative estimate of drug-likeness (QED) is 0.787. The summed E-state index contributed by atoms with van der Waals surface area (Å²) in [6, 6.07) is 10.3. The lowest BCUT2D eigenvalue weighted by Crippen LogP contribution is -2.38. The van der Waals surface area contributed by atoms with Gasteiger partial charge in [0.15, 0.2) is 0 Å². The minimum Gasteiger partial charge on any atom is -0.463 e. The van der Waals surface area contributed by atoms with Crippen LogP contribution in [0.15, 0.2) is 45.9 Å². The Balaban J connectivity index is 1.72. The molecular formula is C16H18N2O5S. The molecule has 24 heavy (non-hydrogen) atoms. The molecule has 1 aliphatic heterocycles. The molecule has 8 heteroatoms. The van der Waals surface area contributed by atoms with Crippen LogP contribution in [0.3, 0.4) is 0 Å². The second-order valence-corrected chi connectivity index (χ2v) is 7.12. The highest BCUT2D eigenvalue weighted by molar-refractivity contribution is 7.89. The van der Waals surface area contributed by atoms with Gasteiger partial charge >= 0.3 is 5.97 Å². The zero-order valence-corrected chi connectivity index (χ0v) is 13.9. The summed E-state index contributed by atoms with van der Waals surface area (Å²) in [5.74, 6) is -0.877. The number of furan rings is 1. The van der Waals surface area contributed by atoms with Crippen LogP contribution in [0.4, 0.5) is 0 Å². The first kappa shape index (κ1) is 16.7. The fourth-order valence-electron chi connectivity index (χ4n) is 2.71. The van der Waals surface area contributed by atoms with Gasteiger partial charge in [-0.25, -0.2) is 17.9 Å². The van der Waals surface area contributed by atoms with Crippen molar-refractivity contribution in [3.05, 3.63) is 53.3 Å². The molecule has 128 valence electrons. The molecule has 0 saturated heterocycles. The summed E-state index contributed by atoms with van der Waals surface area (Å²) >= 11 is 0. The monoisotopic (exact) mass is 350 g/mol. The van der Waals surface area contributed by atoms with Gasteiger partial charge in [-0.2, -0.15) is 0 Å². The van der Waals surface area contributed by atoms with E-state index in [1.807, 2.05) is 24.3 Å². The second kappa shape index (κ2) is 6.76. The Hall–Kier alpha value is -2.16. The Morgan fingerprint density at radius 1 is 1.33 bits per heavy atom. The second-order valence-electron chi connectivity index (χ2n) is 5.42. The van der Waals surface area contributed by atoms with Gasteiger partial charge in [0.2, 0.25) is 10.9 Å². The molecule has 2 heterocycles. The minimum absolute atomic E-state index is 0.111. The molecule has 0 fully saturated rings. The van der Waals surface area contributed by atoms with Gasteiger partial charge in [0.25, 0.3) is 10.0 Å². The van der Waals surface area contributed by atoms with E-state index in [-0.39, 0.29) is 23.4 Å². The van der Waals surface area contributed by atoms with E-state index in [0.29, 0.717) is 0 Å². The lowest BCUT2D eigenvalue weighted by molar-refractivity contribution is 0.0559. The van der Waals surface area contributed by atoms with Crippen LogP contribution in [0, 0.1) is 0 Å². The summed E-state index contributed by atoms with van der Waals surface area (Å²) in [5.41, 5.74) is 2.30. The Morgan fingerprint density at radius 3 is 2.92 bits per heavy atom. The largest absolute Gasteiger partial charge is 0.463 e. The molecule has 1 aliphatic rings. The molecule has 0 aliphatic carbocycles. The van der Waals surface area contributed by atoms with E-state index >= 15 is 0 Å². The van der Waals surface area contributed by atoms with Crippen molar-refractivity contribution in [1.82, 2.24) is 10.0 Å². The molecule has 0 saturated carbocycles. The van der Waals surface area contributed by atoms with Gasteiger partial charge in [-0.15, -0.1) is 0 Å². The van der Waals surface area contributed by atoms with Crippen molar-refractivity contribution in [3.63, 3.8) is 0 Å². The molecule has 1 unspecified atom stereocenters. The molecule has 0 bridgehead atoms. The normalized spacial score (nSPS) is 17.3. The first-order valence-corrected chi connectivity index (χ1v) is 8.98. The van der Waals surface area contributed by atoms with Crippen LogP contribution in [0.2, 0.25) is 0 Å². The third-order valence-electron chi connectivity index (χ3n) is 3.93. The van der Waals surface area contributed by atoms with E-state index in [9.17, 15) is 13.2 Å². The van der Waals surface area contributed by atoms with E-state index in [1.165, 1.54) is 24.8 Å². The lowest BCUT2D eigenvalue weighted by atomic mass is 9.95. The molecule has 3 rings (SSSR count). The zero-order valence-electron chi connectivity index (χ0n) is 13.1. The van der Waals surface area contributed by atoms with Gasteiger partial charge in [0.1, 0.15) is 0 Å². The Morgan fingerprint density at radius 2 is 2.12 bits per heavy atom. The van der Waals surface area contributed by atoms with Gasteiger partial charge in [-0.1, -0.05) is 24.3 Å². The van der Waals surface area contributed by atoms with Crippen LogP contribution >= 0.6 is 0 Å². The van der Waals surface area contributed by atoms with Crippen LogP contribution < -0.4 is 10.0 Å². The third-order valence-corrected chi connectivity index (χ3v) is 5.22. The standard InChI is InChI=1S/C16H18N2O5S/c1-22-16(19)14-6-7-15(23-14)24(20,21)18-10-13-12-5-3-2-4-11(12)8-9-17-13/h2-7,13,17-18H,8-10H2,1H3. The fraction of sp³-hybridized carbons (Fsp3) is 0.312. The van der Waals surface area contributed by atoms with E-state index in [2.05, 4.69) is 14.8 Å². The van der Waals surface area contributed by atoms with Gasteiger partial charge in [0.05, 0.1) is 7.11 Å². The lowest BCUT2D eigenvalue weighted by Gasteiger charge is -2.26. The number of rotatable bonds is 5. The highest BCUT2D eigenvalue weighted by atomic mass is 32.2. The van der Waals surface area contributed by atoms with Crippen molar-refractivity contribution >= 4 is 16.0 Å². The molecule has 2 N–H and O–H groups in total. The maximum atomic E-state index is 12.3. The number of fused-ring (bicyclic) bond motifs is 1. The average Bonchev–Trinajstić information content (AvgIpc) is 3.10. The number of ether oxygens (including phenoxy) is 1. The Kier molecular flexibility index (Phi) is 4.70. The molecule has 1 aromatic carbocycles. The van der Waals surface area contributed by atoms with Crippen molar-refractivity contribution in [2.24, 2.45) is 0 Å². The van der Waals surface area contributed by atoms with Gasteiger partial charge in [0, 0.05) is 12.6 Å². The summed E-state index contributed by atoms with van der Waals surface area (Å²) in [7, 11) is -2.65. The summed E-state index contributed by atoms with van der Waals surface area (Å²) < 4.78 is 36.7. The molecule has 1 aromatic heterocycles. The number of esters is 1. The van der Waals surface area contributed by atoms with Crippen LogP contribution in [-0.2, 0) is 21.2 Å². The van der Waals surface area contributed by atoms with Crippen molar-refractivity contribution in [1.29, 1.82) is 0 Å². The smallest absolute Gasteiger partial charge is 0.374 e. The number of carbonyl (C=O) groups is 1. The number of hydrogen-bond donors (Lipinski definition) is 2. The van der Waals surface area contributed by atoms with Gasteiger partial charge < -0.3 is 14.5 Å². The molecule has 0 radical (unpaired) electrons. The Labute approximate surface area is 140 Å². The summed E-state index contributed by atoms with van der Waals surface area (Å²) in [4.78, 5) is 11.4. The van der Waals surface area contributed by atoms with E-state index < -0.39 is 16.0 Å². The van der Waals surface area contributed by atoms with E-state index in [4.69, 9.17) is 4.42 Å². The van der Waals surface area contributed by atoms with Crippen LogP contribution in [0.5, 0.6) is 0 Å². The number of nitrogens with one attached hydrogen (secondary N) is 2. The van der Waals surface area contributed by atoms with Gasteiger partial charge in [-0.3, -0.25) is 0 Å². The average molecular weight is 350 g/mol. The molecule has 0 amide bonds. The molecule has 7 nitrogen and oxygen atoms in total. The topological polar surface area (TPSA) is 97.6 Å². The van der Waals surface area contributed by atoms with E-state index in [0.717, 1.165) is 18.5 Å². The van der Waals surface area contributed by atoms with Crippen LogP contribution in [0.1, 0.15) is 27.7 Å². The maximum absolute atomic E-state index is 12.3. The number of methoxy groups -OCH3 is 1. The number of benzene rings is 1. The summed E-state index contributed by atoms with van der Waals surface area (Å²) in [5, 5.41) is 2.99. The molecule has 0 spiro atoms. The number of hydrogen-bond acceptors (Lipinski definition) is 6. The fourth-order valence-corrected chi connectivity index (χ4v) is 3.69. The van der Waals surface area contributed by atoms with Crippen molar-refractivity contribution in [2.75, 3.05) is 20.2 Å². The minimum atomic E-state index is -3.85. The van der Waals surface area contributed by atoms with Crippen LogP contribution in [-0.4, -0.2) is 34.6 Å². The number of sulfonamides is 1. The number of carbonyl (C=O) groups excluding carboxylic acids is 1. The van der Waals surface area contributed by atoms with Crippen molar-refractivity contribution < 1.29 is 22.4 Å². The molecule has 1 atom stereocenters.